The molecule has 78 valence electrons. The van der Waals surface area contributed by atoms with Gasteiger partial charge in [0.1, 0.15) is 5.82 Å². The lowest BCUT2D eigenvalue weighted by Crippen LogP contribution is -2.09. The lowest BCUT2D eigenvalue weighted by atomic mass is 10.2. The van der Waals surface area contributed by atoms with Crippen molar-refractivity contribution in [2.75, 3.05) is 11.1 Å². The lowest BCUT2D eigenvalue weighted by molar-refractivity contribution is 0.811. The van der Waals surface area contributed by atoms with Crippen molar-refractivity contribution in [2.45, 2.75) is 13.0 Å². The summed E-state index contributed by atoms with van der Waals surface area (Å²) >= 11 is 0. The standard InChI is InChI=1S/C11H14N4/c1-8(11-13-6-7-14-11)15-10-5-3-2-4-9(10)12/h2-8,15H,12H2,1H3,(H,13,14). The molecule has 1 unspecified atom stereocenters. The lowest BCUT2D eigenvalue weighted by Gasteiger charge is -2.14. The highest BCUT2D eigenvalue weighted by Gasteiger charge is 2.08. The largest absolute Gasteiger partial charge is 0.397 e. The zero-order valence-corrected chi connectivity index (χ0v) is 8.57. The highest BCUT2D eigenvalue weighted by Crippen LogP contribution is 2.21. The third-order valence-electron chi connectivity index (χ3n) is 2.26. The highest BCUT2D eigenvalue weighted by molar-refractivity contribution is 5.66. The molecule has 0 radical (unpaired) electrons. The Morgan fingerprint density at radius 2 is 2.20 bits per heavy atom. The summed E-state index contributed by atoms with van der Waals surface area (Å²) in [5.41, 5.74) is 7.51. The molecular weight excluding hydrogens is 188 g/mol. The van der Waals surface area contributed by atoms with Gasteiger partial charge in [-0.1, -0.05) is 12.1 Å². The zero-order valence-electron chi connectivity index (χ0n) is 8.57. The maximum Gasteiger partial charge on any atom is 0.128 e. The fourth-order valence-corrected chi connectivity index (χ4v) is 1.44. The summed E-state index contributed by atoms with van der Waals surface area (Å²) in [6.45, 7) is 2.03. The van der Waals surface area contributed by atoms with Crippen molar-refractivity contribution in [2.24, 2.45) is 0 Å². The molecule has 0 aliphatic heterocycles. The number of aromatic amines is 1. The summed E-state index contributed by atoms with van der Waals surface area (Å²) in [6, 6.07) is 7.81. The Morgan fingerprint density at radius 3 is 2.87 bits per heavy atom. The predicted octanol–water partition coefficient (Wildman–Crippen LogP) is 2.17. The van der Waals surface area contributed by atoms with Crippen LogP contribution in [-0.4, -0.2) is 9.97 Å². The number of H-pyrrole nitrogens is 1. The Morgan fingerprint density at radius 1 is 1.40 bits per heavy atom. The van der Waals surface area contributed by atoms with E-state index in [9.17, 15) is 0 Å². The molecule has 4 heteroatoms. The van der Waals surface area contributed by atoms with Gasteiger partial charge in [0.05, 0.1) is 17.4 Å². The van der Waals surface area contributed by atoms with E-state index in [-0.39, 0.29) is 6.04 Å². The summed E-state index contributed by atoms with van der Waals surface area (Å²) < 4.78 is 0. The van der Waals surface area contributed by atoms with Gasteiger partial charge in [-0.05, 0) is 19.1 Å². The SMILES string of the molecule is CC(Nc1ccccc1N)c1ncc[nH]1. The van der Waals surface area contributed by atoms with Gasteiger partial charge in [-0.15, -0.1) is 0 Å². The Bertz CT molecular complexity index is 422. The molecule has 0 aliphatic carbocycles. The van der Waals surface area contributed by atoms with E-state index in [1.165, 1.54) is 0 Å². The van der Waals surface area contributed by atoms with Crippen molar-refractivity contribution in [3.63, 3.8) is 0 Å². The van der Waals surface area contributed by atoms with Crippen LogP contribution in [0.3, 0.4) is 0 Å². The van der Waals surface area contributed by atoms with Gasteiger partial charge in [-0.25, -0.2) is 4.98 Å². The summed E-state index contributed by atoms with van der Waals surface area (Å²) in [5, 5.41) is 3.29. The first-order valence-electron chi connectivity index (χ1n) is 4.87. The predicted molar refractivity (Wildman–Crippen MR) is 61.5 cm³/mol. The summed E-state index contributed by atoms with van der Waals surface area (Å²) in [5.74, 6) is 0.901. The first kappa shape index (κ1) is 9.58. The molecule has 0 saturated carbocycles. The second-order valence-electron chi connectivity index (χ2n) is 3.43. The van der Waals surface area contributed by atoms with Crippen molar-refractivity contribution in [1.29, 1.82) is 0 Å². The maximum absolute atomic E-state index is 5.83. The van der Waals surface area contributed by atoms with Crippen LogP contribution in [0, 0.1) is 0 Å². The van der Waals surface area contributed by atoms with Crippen molar-refractivity contribution in [3.05, 3.63) is 42.5 Å². The van der Waals surface area contributed by atoms with Gasteiger partial charge in [0.15, 0.2) is 0 Å². The molecule has 2 aromatic rings. The van der Waals surface area contributed by atoms with Crippen LogP contribution < -0.4 is 11.1 Å². The quantitative estimate of drug-likeness (QED) is 0.668. The van der Waals surface area contributed by atoms with Gasteiger partial charge in [-0.3, -0.25) is 0 Å². The van der Waals surface area contributed by atoms with E-state index in [0.29, 0.717) is 0 Å². The number of anilines is 2. The number of para-hydroxylation sites is 2. The fraction of sp³-hybridized carbons (Fsp3) is 0.182. The molecule has 0 aliphatic rings. The van der Waals surface area contributed by atoms with Gasteiger partial charge in [0.2, 0.25) is 0 Å². The Kier molecular flexibility index (Phi) is 2.58. The first-order chi connectivity index (χ1) is 7.27. The smallest absolute Gasteiger partial charge is 0.128 e. The van der Waals surface area contributed by atoms with Crippen LogP contribution in [0.1, 0.15) is 18.8 Å². The molecule has 2 rings (SSSR count). The molecule has 0 saturated heterocycles. The number of benzene rings is 1. The number of hydrogen-bond acceptors (Lipinski definition) is 3. The first-order valence-corrected chi connectivity index (χ1v) is 4.87. The molecule has 15 heavy (non-hydrogen) atoms. The number of nitrogen functional groups attached to an aromatic ring is 1. The van der Waals surface area contributed by atoms with E-state index in [0.717, 1.165) is 17.2 Å². The molecule has 0 bridgehead atoms. The van der Waals surface area contributed by atoms with E-state index in [2.05, 4.69) is 15.3 Å². The molecule has 1 aromatic heterocycles. The van der Waals surface area contributed by atoms with Crippen molar-refractivity contribution in [3.8, 4) is 0 Å². The normalized spacial score (nSPS) is 12.3. The number of nitrogens with two attached hydrogens (primary N) is 1. The second-order valence-corrected chi connectivity index (χ2v) is 3.43. The Labute approximate surface area is 88.5 Å². The third kappa shape index (κ3) is 2.10. The molecule has 4 N–H and O–H groups in total. The average molecular weight is 202 g/mol. The van der Waals surface area contributed by atoms with Gasteiger partial charge < -0.3 is 16.0 Å². The van der Waals surface area contributed by atoms with Crippen molar-refractivity contribution < 1.29 is 0 Å². The molecular formula is C11H14N4. The Balaban J connectivity index is 2.13. The molecule has 1 heterocycles. The van der Waals surface area contributed by atoms with E-state index < -0.39 is 0 Å². The van der Waals surface area contributed by atoms with Crippen molar-refractivity contribution >= 4 is 11.4 Å². The van der Waals surface area contributed by atoms with Crippen LogP contribution in [0.25, 0.3) is 0 Å². The minimum Gasteiger partial charge on any atom is -0.397 e. The summed E-state index contributed by atoms with van der Waals surface area (Å²) in [4.78, 5) is 7.25. The number of hydrogen-bond donors (Lipinski definition) is 3. The van der Waals surface area contributed by atoms with Crippen molar-refractivity contribution in [1.82, 2.24) is 9.97 Å². The minimum absolute atomic E-state index is 0.115. The molecule has 1 aromatic carbocycles. The van der Waals surface area contributed by atoms with Crippen LogP contribution >= 0.6 is 0 Å². The fourth-order valence-electron chi connectivity index (χ4n) is 1.44. The minimum atomic E-state index is 0.115. The second kappa shape index (κ2) is 4.04. The topological polar surface area (TPSA) is 66.7 Å². The van der Waals surface area contributed by atoms with Gasteiger partial charge >= 0.3 is 0 Å². The highest BCUT2D eigenvalue weighted by atomic mass is 15.0. The van der Waals surface area contributed by atoms with E-state index in [1.807, 2.05) is 37.4 Å². The summed E-state index contributed by atoms with van der Waals surface area (Å²) in [7, 11) is 0. The van der Waals surface area contributed by atoms with Crippen LogP contribution in [0.2, 0.25) is 0 Å². The summed E-state index contributed by atoms with van der Waals surface area (Å²) in [6.07, 6.45) is 3.55. The van der Waals surface area contributed by atoms with Gasteiger partial charge in [-0.2, -0.15) is 0 Å². The van der Waals surface area contributed by atoms with E-state index in [1.54, 1.807) is 6.20 Å². The Hall–Kier alpha value is -1.97. The molecule has 0 spiro atoms. The van der Waals surface area contributed by atoms with Crippen LogP contribution in [-0.2, 0) is 0 Å². The number of rotatable bonds is 3. The van der Waals surface area contributed by atoms with Gasteiger partial charge in [0.25, 0.3) is 0 Å². The number of imidazole rings is 1. The van der Waals surface area contributed by atoms with Crippen LogP contribution in [0.5, 0.6) is 0 Å². The number of nitrogens with one attached hydrogen (secondary N) is 2. The number of aromatic nitrogens is 2. The molecule has 0 fully saturated rings. The molecule has 1 atom stereocenters. The monoisotopic (exact) mass is 202 g/mol. The van der Waals surface area contributed by atoms with E-state index >= 15 is 0 Å². The van der Waals surface area contributed by atoms with Crippen LogP contribution in [0.15, 0.2) is 36.7 Å². The average Bonchev–Trinajstić information content (AvgIpc) is 2.74. The number of nitrogens with zero attached hydrogens (tertiary/aromatic N) is 1. The van der Waals surface area contributed by atoms with E-state index in [4.69, 9.17) is 5.73 Å². The molecule has 4 nitrogen and oxygen atoms in total. The van der Waals surface area contributed by atoms with Crippen LogP contribution in [0.4, 0.5) is 11.4 Å². The zero-order chi connectivity index (χ0) is 10.7. The van der Waals surface area contributed by atoms with Gasteiger partial charge in [0, 0.05) is 12.4 Å². The maximum atomic E-state index is 5.83. The molecule has 0 amide bonds. The third-order valence-corrected chi connectivity index (χ3v) is 2.26.